The largest absolute Gasteiger partial charge is 0.337 e. The number of nitrogens with two attached hydrogens (primary N) is 1. The number of unbranched alkanes of at least 4 members (excludes halogenated alkanes) is 1. The van der Waals surface area contributed by atoms with E-state index >= 15 is 0 Å². The van der Waals surface area contributed by atoms with Gasteiger partial charge in [0.2, 0.25) is 5.91 Å². The highest BCUT2D eigenvalue weighted by Crippen LogP contribution is 2.06. The van der Waals surface area contributed by atoms with Gasteiger partial charge in [0, 0.05) is 13.1 Å². The van der Waals surface area contributed by atoms with Gasteiger partial charge in [0.1, 0.15) is 0 Å². The fraction of sp³-hybridized carbons (Fsp3) is 0.727. The summed E-state index contributed by atoms with van der Waals surface area (Å²) in [6.07, 6.45) is 8.06. The number of rotatable bonds is 4. The number of nitrogens with zero attached hydrogens (tertiary/aromatic N) is 1. The van der Waals surface area contributed by atoms with Crippen LogP contribution in [0.1, 0.15) is 32.6 Å². The van der Waals surface area contributed by atoms with Gasteiger partial charge in [-0.25, -0.2) is 0 Å². The van der Waals surface area contributed by atoms with Crippen LogP contribution in [-0.4, -0.2) is 29.9 Å². The molecule has 1 heterocycles. The molecule has 1 aliphatic rings. The SMILES string of the molecule is CCCCC(N)C(=O)N1CC=CCC1. The van der Waals surface area contributed by atoms with Crippen molar-refractivity contribution in [3.63, 3.8) is 0 Å². The summed E-state index contributed by atoms with van der Waals surface area (Å²) in [5, 5.41) is 0. The quantitative estimate of drug-likeness (QED) is 0.689. The van der Waals surface area contributed by atoms with E-state index in [1.807, 2.05) is 11.0 Å². The zero-order valence-electron chi connectivity index (χ0n) is 8.91. The molecule has 0 fully saturated rings. The van der Waals surface area contributed by atoms with Crippen LogP contribution in [0.3, 0.4) is 0 Å². The molecule has 1 unspecified atom stereocenters. The molecule has 3 nitrogen and oxygen atoms in total. The van der Waals surface area contributed by atoms with E-state index in [-0.39, 0.29) is 11.9 Å². The second-order valence-corrected chi connectivity index (χ2v) is 3.79. The van der Waals surface area contributed by atoms with Crippen LogP contribution < -0.4 is 5.73 Å². The summed E-state index contributed by atoms with van der Waals surface area (Å²) in [4.78, 5) is 13.6. The minimum absolute atomic E-state index is 0.114. The predicted molar refractivity (Wildman–Crippen MR) is 57.8 cm³/mol. The third kappa shape index (κ3) is 3.14. The molecule has 0 saturated heterocycles. The molecule has 0 bridgehead atoms. The Bertz CT molecular complexity index is 213. The van der Waals surface area contributed by atoms with Gasteiger partial charge in [-0.2, -0.15) is 0 Å². The fourth-order valence-electron chi connectivity index (χ4n) is 1.62. The fourth-order valence-corrected chi connectivity index (χ4v) is 1.62. The third-order valence-corrected chi connectivity index (χ3v) is 2.56. The second kappa shape index (κ2) is 5.81. The van der Waals surface area contributed by atoms with Gasteiger partial charge in [-0.3, -0.25) is 4.79 Å². The van der Waals surface area contributed by atoms with Gasteiger partial charge >= 0.3 is 0 Å². The first-order valence-corrected chi connectivity index (χ1v) is 5.45. The number of hydrogen-bond acceptors (Lipinski definition) is 2. The first kappa shape index (κ1) is 11.2. The summed E-state index contributed by atoms with van der Waals surface area (Å²) in [7, 11) is 0. The van der Waals surface area contributed by atoms with E-state index in [0.717, 1.165) is 38.8 Å². The average Bonchev–Trinajstić information content (AvgIpc) is 2.26. The lowest BCUT2D eigenvalue weighted by Gasteiger charge is -2.26. The summed E-state index contributed by atoms with van der Waals surface area (Å²) in [5.74, 6) is 0.114. The van der Waals surface area contributed by atoms with Gasteiger partial charge in [0.15, 0.2) is 0 Å². The van der Waals surface area contributed by atoms with Gasteiger partial charge < -0.3 is 10.6 Å². The van der Waals surface area contributed by atoms with Gasteiger partial charge in [-0.05, 0) is 12.8 Å². The Morgan fingerprint density at radius 2 is 2.36 bits per heavy atom. The number of amides is 1. The van der Waals surface area contributed by atoms with Gasteiger partial charge in [0.25, 0.3) is 0 Å². The zero-order chi connectivity index (χ0) is 10.4. The lowest BCUT2D eigenvalue weighted by atomic mass is 10.1. The van der Waals surface area contributed by atoms with Crippen molar-refractivity contribution in [3.8, 4) is 0 Å². The molecule has 0 aliphatic carbocycles. The van der Waals surface area contributed by atoms with Gasteiger partial charge in [0.05, 0.1) is 6.04 Å². The average molecular weight is 196 g/mol. The molecular weight excluding hydrogens is 176 g/mol. The number of carbonyl (C=O) groups excluding carboxylic acids is 1. The van der Waals surface area contributed by atoms with Gasteiger partial charge in [-0.1, -0.05) is 31.9 Å². The van der Waals surface area contributed by atoms with Crippen molar-refractivity contribution in [3.05, 3.63) is 12.2 Å². The molecule has 1 amide bonds. The van der Waals surface area contributed by atoms with Crippen LogP contribution >= 0.6 is 0 Å². The maximum atomic E-state index is 11.8. The normalized spacial score (nSPS) is 18.3. The molecule has 0 aromatic rings. The maximum absolute atomic E-state index is 11.8. The standard InChI is InChI=1S/C11H20N2O/c1-2-3-7-10(12)11(14)13-8-5-4-6-9-13/h4-5,10H,2-3,6-9,12H2,1H3. The molecule has 1 atom stereocenters. The van der Waals surface area contributed by atoms with Crippen molar-refractivity contribution in [1.82, 2.24) is 4.90 Å². The van der Waals surface area contributed by atoms with Crippen LogP contribution in [-0.2, 0) is 4.79 Å². The van der Waals surface area contributed by atoms with Crippen LogP contribution in [0.5, 0.6) is 0 Å². The molecule has 80 valence electrons. The highest BCUT2D eigenvalue weighted by Gasteiger charge is 2.19. The molecule has 1 aliphatic heterocycles. The molecular formula is C11H20N2O. The first-order chi connectivity index (χ1) is 6.75. The number of carbonyl (C=O) groups is 1. The summed E-state index contributed by atoms with van der Waals surface area (Å²) in [6.45, 7) is 3.68. The molecule has 2 N–H and O–H groups in total. The van der Waals surface area contributed by atoms with Crippen LogP contribution in [0.25, 0.3) is 0 Å². The predicted octanol–water partition coefficient (Wildman–Crippen LogP) is 1.29. The Kier molecular flexibility index (Phi) is 4.66. The van der Waals surface area contributed by atoms with Crippen molar-refractivity contribution in [2.24, 2.45) is 5.73 Å². The molecule has 0 saturated carbocycles. The van der Waals surface area contributed by atoms with Crippen LogP contribution in [0.15, 0.2) is 12.2 Å². The summed E-state index contributed by atoms with van der Waals surface area (Å²) < 4.78 is 0. The summed E-state index contributed by atoms with van der Waals surface area (Å²) >= 11 is 0. The summed E-state index contributed by atoms with van der Waals surface area (Å²) in [6, 6.07) is -0.290. The van der Waals surface area contributed by atoms with E-state index < -0.39 is 0 Å². The molecule has 0 aromatic heterocycles. The Hall–Kier alpha value is -0.830. The molecule has 0 aromatic carbocycles. The number of hydrogen-bond donors (Lipinski definition) is 1. The van der Waals surface area contributed by atoms with Crippen molar-refractivity contribution in [1.29, 1.82) is 0 Å². The molecule has 14 heavy (non-hydrogen) atoms. The molecule has 0 radical (unpaired) electrons. The highest BCUT2D eigenvalue weighted by molar-refractivity contribution is 5.81. The van der Waals surface area contributed by atoms with Crippen molar-refractivity contribution >= 4 is 5.91 Å². The van der Waals surface area contributed by atoms with E-state index in [1.54, 1.807) is 0 Å². The topological polar surface area (TPSA) is 46.3 Å². The lowest BCUT2D eigenvalue weighted by molar-refractivity contribution is -0.132. The van der Waals surface area contributed by atoms with E-state index in [0.29, 0.717) is 0 Å². The van der Waals surface area contributed by atoms with E-state index in [2.05, 4.69) is 13.0 Å². The third-order valence-electron chi connectivity index (χ3n) is 2.56. The minimum atomic E-state index is -0.290. The van der Waals surface area contributed by atoms with Crippen molar-refractivity contribution in [2.75, 3.05) is 13.1 Å². The van der Waals surface area contributed by atoms with Crippen LogP contribution in [0.4, 0.5) is 0 Å². The van der Waals surface area contributed by atoms with E-state index in [4.69, 9.17) is 5.73 Å². The Balaban J connectivity index is 2.35. The van der Waals surface area contributed by atoms with E-state index in [1.165, 1.54) is 0 Å². The minimum Gasteiger partial charge on any atom is -0.337 e. The van der Waals surface area contributed by atoms with Crippen LogP contribution in [0.2, 0.25) is 0 Å². The van der Waals surface area contributed by atoms with Gasteiger partial charge in [-0.15, -0.1) is 0 Å². The first-order valence-electron chi connectivity index (χ1n) is 5.45. The Morgan fingerprint density at radius 1 is 1.57 bits per heavy atom. The van der Waals surface area contributed by atoms with Crippen molar-refractivity contribution < 1.29 is 4.79 Å². The molecule has 0 spiro atoms. The van der Waals surface area contributed by atoms with Crippen LogP contribution in [0, 0.1) is 0 Å². The highest BCUT2D eigenvalue weighted by atomic mass is 16.2. The lowest BCUT2D eigenvalue weighted by Crippen LogP contribution is -2.45. The second-order valence-electron chi connectivity index (χ2n) is 3.79. The Labute approximate surface area is 86.0 Å². The molecule has 1 rings (SSSR count). The maximum Gasteiger partial charge on any atom is 0.239 e. The zero-order valence-corrected chi connectivity index (χ0v) is 8.91. The monoisotopic (exact) mass is 196 g/mol. The smallest absolute Gasteiger partial charge is 0.239 e. The Morgan fingerprint density at radius 3 is 2.93 bits per heavy atom. The van der Waals surface area contributed by atoms with Crippen molar-refractivity contribution in [2.45, 2.75) is 38.6 Å². The van der Waals surface area contributed by atoms with E-state index in [9.17, 15) is 4.79 Å². The molecule has 3 heteroatoms. The summed E-state index contributed by atoms with van der Waals surface area (Å²) in [5.41, 5.74) is 5.82.